The first kappa shape index (κ1) is 22.3. The molecule has 11 heteroatoms. The molecule has 0 aliphatic heterocycles. The number of amides is 1. The molecular formula is C21H12Cl3F3N4O. The Bertz CT molecular complexity index is 1320. The molecule has 1 amide bonds. The van der Waals surface area contributed by atoms with Crippen LogP contribution in [0.3, 0.4) is 0 Å². The van der Waals surface area contributed by atoms with Crippen molar-refractivity contribution in [1.29, 1.82) is 0 Å². The van der Waals surface area contributed by atoms with E-state index in [0.29, 0.717) is 32.7 Å². The molecule has 0 atom stereocenters. The molecule has 1 heterocycles. The highest BCUT2D eigenvalue weighted by Gasteiger charge is 2.33. The van der Waals surface area contributed by atoms with E-state index < -0.39 is 22.7 Å². The number of nitrogens with zero attached hydrogens (tertiary/aromatic N) is 1. The predicted molar refractivity (Wildman–Crippen MR) is 120 cm³/mol. The van der Waals surface area contributed by atoms with Gasteiger partial charge in [0.25, 0.3) is 5.91 Å². The van der Waals surface area contributed by atoms with Crippen molar-refractivity contribution in [3.63, 3.8) is 0 Å². The predicted octanol–water partition coefficient (Wildman–Crippen LogP) is 7.54. The third-order valence-electron chi connectivity index (χ3n) is 4.48. The Morgan fingerprint density at radius 2 is 1.66 bits per heavy atom. The highest BCUT2D eigenvalue weighted by Crippen LogP contribution is 2.36. The summed E-state index contributed by atoms with van der Waals surface area (Å²) in [6.45, 7) is 0. The number of aromatic nitrogens is 2. The topological polar surface area (TPSA) is 69.8 Å². The number of benzene rings is 3. The zero-order valence-electron chi connectivity index (χ0n) is 15.8. The van der Waals surface area contributed by atoms with Crippen LogP contribution in [0.4, 0.5) is 30.5 Å². The van der Waals surface area contributed by atoms with Crippen LogP contribution in [0.5, 0.6) is 0 Å². The Hall–Kier alpha value is -2.94. The highest BCUT2D eigenvalue weighted by atomic mass is 35.5. The van der Waals surface area contributed by atoms with Crippen molar-refractivity contribution >= 4 is 69.1 Å². The molecule has 164 valence electrons. The van der Waals surface area contributed by atoms with Crippen LogP contribution in [-0.4, -0.2) is 15.9 Å². The Morgan fingerprint density at radius 3 is 2.34 bits per heavy atom. The van der Waals surface area contributed by atoms with Crippen molar-refractivity contribution in [3.05, 3.63) is 80.8 Å². The van der Waals surface area contributed by atoms with Crippen LogP contribution in [0, 0.1) is 0 Å². The van der Waals surface area contributed by atoms with E-state index in [1.165, 1.54) is 18.2 Å². The fourth-order valence-electron chi connectivity index (χ4n) is 2.97. The summed E-state index contributed by atoms with van der Waals surface area (Å²) < 4.78 is 39.1. The number of carbonyl (C=O) groups excluding carboxylic acids is 1. The maximum atomic E-state index is 13.0. The number of hydrogen-bond donors (Lipinski definition) is 3. The monoisotopic (exact) mass is 498 g/mol. The van der Waals surface area contributed by atoms with Crippen molar-refractivity contribution < 1.29 is 18.0 Å². The van der Waals surface area contributed by atoms with Crippen LogP contribution in [-0.2, 0) is 6.18 Å². The number of fused-ring (bicyclic) bond motifs is 1. The van der Waals surface area contributed by atoms with Crippen LogP contribution in [0.1, 0.15) is 15.9 Å². The summed E-state index contributed by atoms with van der Waals surface area (Å²) in [6.07, 6.45) is -4.64. The quantitative estimate of drug-likeness (QED) is 0.272. The number of H-pyrrole nitrogens is 1. The van der Waals surface area contributed by atoms with Crippen LogP contribution in [0.2, 0.25) is 15.1 Å². The number of nitrogens with one attached hydrogen (secondary N) is 3. The van der Waals surface area contributed by atoms with Gasteiger partial charge in [0.15, 0.2) is 0 Å². The molecule has 0 radical (unpaired) electrons. The van der Waals surface area contributed by atoms with E-state index in [4.69, 9.17) is 34.8 Å². The molecule has 5 nitrogen and oxygen atoms in total. The van der Waals surface area contributed by atoms with Crippen molar-refractivity contribution in [3.8, 4) is 0 Å². The van der Waals surface area contributed by atoms with E-state index in [1.807, 2.05) is 0 Å². The summed E-state index contributed by atoms with van der Waals surface area (Å²) >= 11 is 17.9. The minimum Gasteiger partial charge on any atom is -0.324 e. The molecule has 1 aromatic heterocycles. The first-order chi connectivity index (χ1) is 15.1. The van der Waals surface area contributed by atoms with Gasteiger partial charge in [-0.3, -0.25) is 4.79 Å². The Morgan fingerprint density at radius 1 is 0.938 bits per heavy atom. The Kier molecular flexibility index (Phi) is 5.94. The second-order valence-corrected chi connectivity index (χ2v) is 7.91. The third kappa shape index (κ3) is 4.62. The number of halogens is 6. The molecule has 0 saturated carbocycles. The number of para-hydroxylation sites is 1. The van der Waals surface area contributed by atoms with Gasteiger partial charge in [0, 0.05) is 11.3 Å². The minimum absolute atomic E-state index is 0.0350. The Balaban J connectivity index is 1.57. The van der Waals surface area contributed by atoms with E-state index in [0.717, 1.165) is 12.1 Å². The van der Waals surface area contributed by atoms with Crippen LogP contribution >= 0.6 is 34.8 Å². The van der Waals surface area contributed by atoms with Crippen LogP contribution in [0.15, 0.2) is 54.6 Å². The van der Waals surface area contributed by atoms with Crippen LogP contribution < -0.4 is 10.6 Å². The lowest BCUT2D eigenvalue weighted by molar-refractivity contribution is -0.137. The molecule has 0 bridgehead atoms. The number of hydrogen-bond acceptors (Lipinski definition) is 3. The zero-order valence-corrected chi connectivity index (χ0v) is 18.1. The zero-order chi connectivity index (χ0) is 23.0. The smallest absolute Gasteiger partial charge is 0.324 e. The van der Waals surface area contributed by atoms with Gasteiger partial charge in [0.1, 0.15) is 0 Å². The van der Waals surface area contributed by atoms with E-state index in [9.17, 15) is 18.0 Å². The second-order valence-electron chi connectivity index (χ2n) is 6.69. The average molecular weight is 500 g/mol. The largest absolute Gasteiger partial charge is 0.417 e. The second kappa shape index (κ2) is 8.54. The third-order valence-corrected chi connectivity index (χ3v) is 5.44. The number of carbonyl (C=O) groups is 1. The fraction of sp³-hybridized carbons (Fsp3) is 0.0476. The summed E-state index contributed by atoms with van der Waals surface area (Å²) in [6, 6.07) is 12.8. The first-order valence-electron chi connectivity index (χ1n) is 9.01. The van der Waals surface area contributed by atoms with Crippen LogP contribution in [0.25, 0.3) is 11.0 Å². The number of alkyl halides is 3. The minimum atomic E-state index is -4.64. The number of imidazole rings is 1. The normalized spacial score (nSPS) is 11.6. The molecule has 0 aliphatic carbocycles. The van der Waals surface area contributed by atoms with Gasteiger partial charge >= 0.3 is 6.18 Å². The number of rotatable bonds is 4. The number of anilines is 3. The van der Waals surface area contributed by atoms with Gasteiger partial charge < -0.3 is 15.6 Å². The lowest BCUT2D eigenvalue weighted by Gasteiger charge is -2.11. The SMILES string of the molecule is O=C(Nc1ccc(Cl)c(C(F)(F)F)c1)c1ccc2nc(Nc3c(Cl)cccc3Cl)[nH]c2c1. The molecule has 0 fully saturated rings. The summed E-state index contributed by atoms with van der Waals surface area (Å²) in [4.78, 5) is 20.0. The maximum absolute atomic E-state index is 13.0. The summed E-state index contributed by atoms with van der Waals surface area (Å²) in [5.41, 5.74) is 0.693. The lowest BCUT2D eigenvalue weighted by Crippen LogP contribution is -2.13. The molecule has 0 saturated heterocycles. The van der Waals surface area contributed by atoms with Crippen molar-refractivity contribution in [2.45, 2.75) is 6.18 Å². The average Bonchev–Trinajstić information content (AvgIpc) is 3.13. The van der Waals surface area contributed by atoms with Crippen molar-refractivity contribution in [2.24, 2.45) is 0 Å². The maximum Gasteiger partial charge on any atom is 0.417 e. The number of aromatic amines is 1. The van der Waals surface area contributed by atoms with E-state index in [2.05, 4.69) is 20.6 Å². The van der Waals surface area contributed by atoms with Gasteiger partial charge in [-0.05, 0) is 48.5 Å². The first-order valence-corrected chi connectivity index (χ1v) is 10.1. The molecular weight excluding hydrogens is 488 g/mol. The van der Waals surface area contributed by atoms with Gasteiger partial charge in [0.05, 0.1) is 37.4 Å². The molecule has 4 aromatic rings. The molecule has 0 spiro atoms. The Labute approximate surface area is 194 Å². The van der Waals surface area contributed by atoms with Gasteiger partial charge in [-0.2, -0.15) is 13.2 Å². The fourth-order valence-corrected chi connectivity index (χ4v) is 3.69. The molecule has 32 heavy (non-hydrogen) atoms. The van der Waals surface area contributed by atoms with Gasteiger partial charge in [-0.15, -0.1) is 0 Å². The van der Waals surface area contributed by atoms with Gasteiger partial charge in [0.2, 0.25) is 5.95 Å². The van der Waals surface area contributed by atoms with E-state index >= 15 is 0 Å². The van der Waals surface area contributed by atoms with E-state index in [1.54, 1.807) is 24.3 Å². The van der Waals surface area contributed by atoms with Gasteiger partial charge in [-0.1, -0.05) is 40.9 Å². The molecule has 4 rings (SSSR count). The van der Waals surface area contributed by atoms with Crippen molar-refractivity contribution in [2.75, 3.05) is 10.6 Å². The molecule has 3 N–H and O–H groups in total. The summed E-state index contributed by atoms with van der Waals surface area (Å²) in [5.74, 6) is -0.249. The van der Waals surface area contributed by atoms with E-state index in [-0.39, 0.29) is 11.3 Å². The standard InChI is InChI=1S/C21H12Cl3F3N4O/c22-13-6-5-11(9-12(13)21(25,26)27)28-19(32)10-4-7-16-17(8-10)30-20(29-16)31-18-14(23)2-1-3-15(18)24/h1-9H,(H,28,32)(H2,29,30,31). The van der Waals surface area contributed by atoms with Gasteiger partial charge in [-0.25, -0.2) is 4.98 Å². The lowest BCUT2D eigenvalue weighted by atomic mass is 10.1. The summed E-state index contributed by atoms with van der Waals surface area (Å²) in [5, 5.41) is 5.79. The molecule has 0 unspecified atom stereocenters. The van der Waals surface area contributed by atoms with Crippen molar-refractivity contribution in [1.82, 2.24) is 9.97 Å². The molecule has 3 aromatic carbocycles. The molecule has 0 aliphatic rings. The highest BCUT2D eigenvalue weighted by molar-refractivity contribution is 6.39. The summed E-state index contributed by atoms with van der Waals surface area (Å²) in [7, 11) is 0.